The smallest absolute Gasteiger partial charge is 0.165 e. The molecule has 0 N–H and O–H groups in total. The predicted molar refractivity (Wildman–Crippen MR) is 89.9 cm³/mol. The van der Waals surface area contributed by atoms with E-state index in [0.29, 0.717) is 21.8 Å². The van der Waals surface area contributed by atoms with Gasteiger partial charge in [-0.1, -0.05) is 48.0 Å². The number of aryl methyl sites for hydroxylation is 3. The van der Waals surface area contributed by atoms with Crippen LogP contribution in [-0.4, -0.2) is 12.4 Å². The Balaban J connectivity index is 1.88. The highest BCUT2D eigenvalue weighted by atomic mass is 31.1. The molecule has 0 amide bonds. The zero-order valence-electron chi connectivity index (χ0n) is 12.8. The second-order valence-electron chi connectivity index (χ2n) is 5.26. The zero-order chi connectivity index (χ0) is 15.2. The normalized spacial score (nSPS) is 11.2. The number of benzene rings is 2. The summed E-state index contributed by atoms with van der Waals surface area (Å²) in [7, 11) is 0.302. The molecule has 3 heteroatoms. The number of carbonyl (C=O) groups excluding carboxylic acids is 1. The summed E-state index contributed by atoms with van der Waals surface area (Å²) in [5, 5.41) is 1.16. The molecule has 0 radical (unpaired) electrons. The van der Waals surface area contributed by atoms with Crippen LogP contribution < -0.4 is 5.30 Å². The van der Waals surface area contributed by atoms with Gasteiger partial charge >= 0.3 is 0 Å². The first-order chi connectivity index (χ1) is 10.1. The maximum absolute atomic E-state index is 12.3. The Morgan fingerprint density at radius 1 is 1.05 bits per heavy atom. The summed E-state index contributed by atoms with van der Waals surface area (Å²) in [6.07, 6.45) is 0.435. The molecule has 21 heavy (non-hydrogen) atoms. The summed E-state index contributed by atoms with van der Waals surface area (Å²) in [5.74, 6) is 0.169. The minimum Gasteiger partial charge on any atom is -0.357 e. The van der Waals surface area contributed by atoms with Crippen LogP contribution in [0.4, 0.5) is 0 Å². The molecule has 0 bridgehead atoms. The number of rotatable bonds is 6. The van der Waals surface area contributed by atoms with Crippen LogP contribution >= 0.6 is 8.81 Å². The Morgan fingerprint density at radius 2 is 1.67 bits per heavy atom. The Bertz CT molecular complexity index is 597. The van der Waals surface area contributed by atoms with Gasteiger partial charge in [0.25, 0.3) is 0 Å². The minimum absolute atomic E-state index is 0.169. The van der Waals surface area contributed by atoms with E-state index in [1.807, 2.05) is 44.2 Å². The third-order valence-corrected chi connectivity index (χ3v) is 4.27. The summed E-state index contributed by atoms with van der Waals surface area (Å²) in [6, 6.07) is 14.2. The number of ketones is 1. The van der Waals surface area contributed by atoms with Gasteiger partial charge < -0.3 is 4.52 Å². The van der Waals surface area contributed by atoms with Crippen molar-refractivity contribution in [2.45, 2.75) is 27.2 Å². The molecular formula is C18H21O2P. The third-order valence-electron chi connectivity index (χ3n) is 3.35. The lowest BCUT2D eigenvalue weighted by Crippen LogP contribution is -2.08. The maximum atomic E-state index is 12.3. The molecule has 2 nitrogen and oxygen atoms in total. The highest BCUT2D eigenvalue weighted by Crippen LogP contribution is 2.19. The van der Waals surface area contributed by atoms with E-state index < -0.39 is 0 Å². The molecule has 2 aromatic rings. The maximum Gasteiger partial charge on any atom is 0.165 e. The molecule has 0 heterocycles. The fraction of sp³-hybridized carbons (Fsp3) is 0.278. The van der Waals surface area contributed by atoms with Gasteiger partial charge in [-0.3, -0.25) is 4.79 Å². The van der Waals surface area contributed by atoms with Gasteiger partial charge in [-0.2, -0.15) is 0 Å². The second kappa shape index (κ2) is 7.49. The van der Waals surface area contributed by atoms with Gasteiger partial charge in [-0.05, 0) is 37.2 Å². The quantitative estimate of drug-likeness (QED) is 0.456. The average molecular weight is 300 g/mol. The highest BCUT2D eigenvalue weighted by molar-refractivity contribution is 7.41. The van der Waals surface area contributed by atoms with Crippen molar-refractivity contribution in [2.24, 2.45) is 0 Å². The van der Waals surface area contributed by atoms with Gasteiger partial charge in [-0.25, -0.2) is 0 Å². The first kappa shape index (κ1) is 15.9. The standard InChI is InChI=1S/C18H21O2P/c1-13-11-14(2)18(15(3)12-13)17(19)9-10-20-21-16-7-5-4-6-8-16/h4-8,11-12,21H,9-10H2,1-3H3. The van der Waals surface area contributed by atoms with Crippen LogP contribution in [0.2, 0.25) is 0 Å². The molecule has 0 aliphatic carbocycles. The molecule has 0 aliphatic rings. The average Bonchev–Trinajstić information content (AvgIpc) is 2.43. The largest absolute Gasteiger partial charge is 0.357 e. The molecule has 110 valence electrons. The lowest BCUT2D eigenvalue weighted by atomic mass is 9.95. The molecule has 1 atom stereocenters. The third kappa shape index (κ3) is 4.49. The number of hydrogen-bond donors (Lipinski definition) is 0. The van der Waals surface area contributed by atoms with Gasteiger partial charge in [0.05, 0.1) is 6.61 Å². The van der Waals surface area contributed by atoms with Crippen LogP contribution in [0.25, 0.3) is 0 Å². The lowest BCUT2D eigenvalue weighted by molar-refractivity contribution is 0.0965. The van der Waals surface area contributed by atoms with Crippen molar-refractivity contribution in [3.63, 3.8) is 0 Å². The Morgan fingerprint density at radius 3 is 2.29 bits per heavy atom. The SMILES string of the molecule is Cc1cc(C)c(C(=O)CCOPc2ccccc2)c(C)c1. The Hall–Kier alpha value is -1.50. The van der Waals surface area contributed by atoms with Gasteiger partial charge in [-0.15, -0.1) is 0 Å². The van der Waals surface area contributed by atoms with E-state index in [1.165, 1.54) is 5.56 Å². The van der Waals surface area contributed by atoms with E-state index in [-0.39, 0.29) is 5.78 Å². The monoisotopic (exact) mass is 300 g/mol. The van der Waals surface area contributed by atoms with Crippen molar-refractivity contribution in [1.82, 2.24) is 0 Å². The summed E-state index contributed by atoms with van der Waals surface area (Å²) < 4.78 is 5.62. The molecule has 0 spiro atoms. The van der Waals surface area contributed by atoms with Gasteiger partial charge in [0.2, 0.25) is 0 Å². The number of hydrogen-bond acceptors (Lipinski definition) is 2. The first-order valence-corrected chi connectivity index (χ1v) is 8.02. The van der Waals surface area contributed by atoms with Crippen molar-refractivity contribution in [3.05, 3.63) is 64.7 Å². The van der Waals surface area contributed by atoms with Crippen molar-refractivity contribution < 1.29 is 9.32 Å². The predicted octanol–water partition coefficient (Wildman–Crippen LogP) is 4.12. The zero-order valence-corrected chi connectivity index (χ0v) is 13.8. The van der Waals surface area contributed by atoms with E-state index in [0.717, 1.165) is 22.0 Å². The number of carbonyl (C=O) groups is 1. The van der Waals surface area contributed by atoms with Gasteiger partial charge in [0, 0.05) is 20.8 Å². The summed E-state index contributed by atoms with van der Waals surface area (Å²) in [4.78, 5) is 12.3. The summed E-state index contributed by atoms with van der Waals surface area (Å²) >= 11 is 0. The van der Waals surface area contributed by atoms with Crippen LogP contribution in [0.15, 0.2) is 42.5 Å². The van der Waals surface area contributed by atoms with Crippen LogP contribution in [-0.2, 0) is 4.52 Å². The van der Waals surface area contributed by atoms with Crippen LogP contribution in [0, 0.1) is 20.8 Å². The second-order valence-corrected chi connectivity index (χ2v) is 6.33. The topological polar surface area (TPSA) is 26.3 Å². The Labute approximate surface area is 128 Å². The number of Topliss-reactive ketones (excluding diaryl/α,β-unsaturated/α-hetero) is 1. The molecule has 0 aromatic heterocycles. The van der Waals surface area contributed by atoms with Crippen molar-refractivity contribution >= 4 is 19.9 Å². The molecule has 0 fully saturated rings. The Kier molecular flexibility index (Phi) is 5.67. The van der Waals surface area contributed by atoms with E-state index in [4.69, 9.17) is 4.52 Å². The van der Waals surface area contributed by atoms with Crippen LogP contribution in [0.1, 0.15) is 33.5 Å². The molecule has 0 saturated heterocycles. The molecule has 0 saturated carbocycles. The summed E-state index contributed by atoms with van der Waals surface area (Å²) in [6.45, 7) is 6.52. The van der Waals surface area contributed by atoms with Gasteiger partial charge in [0.15, 0.2) is 5.78 Å². The van der Waals surface area contributed by atoms with Crippen LogP contribution in [0.5, 0.6) is 0 Å². The van der Waals surface area contributed by atoms with E-state index in [2.05, 4.69) is 19.1 Å². The van der Waals surface area contributed by atoms with E-state index >= 15 is 0 Å². The molecule has 2 rings (SSSR count). The van der Waals surface area contributed by atoms with Crippen molar-refractivity contribution in [1.29, 1.82) is 0 Å². The van der Waals surface area contributed by atoms with E-state index in [1.54, 1.807) is 0 Å². The van der Waals surface area contributed by atoms with E-state index in [9.17, 15) is 4.79 Å². The van der Waals surface area contributed by atoms with Gasteiger partial charge in [0.1, 0.15) is 0 Å². The highest BCUT2D eigenvalue weighted by Gasteiger charge is 2.12. The van der Waals surface area contributed by atoms with Crippen LogP contribution in [0.3, 0.4) is 0 Å². The minimum atomic E-state index is 0.169. The molecular weight excluding hydrogens is 279 g/mol. The molecule has 1 unspecified atom stereocenters. The lowest BCUT2D eigenvalue weighted by Gasteiger charge is -2.10. The van der Waals surface area contributed by atoms with Crippen molar-refractivity contribution in [2.75, 3.05) is 6.61 Å². The summed E-state index contributed by atoms with van der Waals surface area (Å²) in [5.41, 5.74) is 4.17. The van der Waals surface area contributed by atoms with Crippen molar-refractivity contribution in [3.8, 4) is 0 Å². The molecule has 0 aliphatic heterocycles. The first-order valence-electron chi connectivity index (χ1n) is 7.12. The molecule has 2 aromatic carbocycles. The fourth-order valence-electron chi connectivity index (χ4n) is 2.53. The fourth-order valence-corrected chi connectivity index (χ4v) is 3.23.